The van der Waals surface area contributed by atoms with Gasteiger partial charge in [0.15, 0.2) is 0 Å². The van der Waals surface area contributed by atoms with Crippen molar-refractivity contribution in [1.82, 2.24) is 5.32 Å². The van der Waals surface area contributed by atoms with Gasteiger partial charge in [-0.15, -0.1) is 0 Å². The second-order valence-corrected chi connectivity index (χ2v) is 4.43. The van der Waals surface area contributed by atoms with E-state index < -0.39 is 0 Å². The first-order valence-electron chi connectivity index (χ1n) is 6.10. The minimum Gasteiger partial charge on any atom is -0.375 e. The van der Waals surface area contributed by atoms with Gasteiger partial charge in [-0.1, -0.05) is 18.5 Å². The minimum atomic E-state index is -0.142. The van der Waals surface area contributed by atoms with E-state index in [-0.39, 0.29) is 18.4 Å². The van der Waals surface area contributed by atoms with Crippen molar-refractivity contribution >= 4 is 34.8 Å². The maximum absolute atomic E-state index is 11.5. The van der Waals surface area contributed by atoms with Gasteiger partial charge in [-0.25, -0.2) is 0 Å². The van der Waals surface area contributed by atoms with Crippen LogP contribution in [0.5, 0.6) is 0 Å². The Morgan fingerprint density at radius 2 is 2.00 bits per heavy atom. The van der Waals surface area contributed by atoms with E-state index in [0.29, 0.717) is 22.8 Å². The summed E-state index contributed by atoms with van der Waals surface area (Å²) in [4.78, 5) is 22.7. The second kappa shape index (κ2) is 7.63. The van der Waals surface area contributed by atoms with Crippen LogP contribution >= 0.6 is 11.6 Å². The zero-order valence-corrected chi connectivity index (χ0v) is 11.8. The van der Waals surface area contributed by atoms with E-state index in [2.05, 4.69) is 16.0 Å². The number of amides is 2. The summed E-state index contributed by atoms with van der Waals surface area (Å²) < 4.78 is 0. The molecule has 5 nitrogen and oxygen atoms in total. The van der Waals surface area contributed by atoms with Gasteiger partial charge in [-0.05, 0) is 24.6 Å². The minimum absolute atomic E-state index is 0.0397. The summed E-state index contributed by atoms with van der Waals surface area (Å²) in [6, 6.07) is 5.11. The van der Waals surface area contributed by atoms with Crippen LogP contribution in [0.3, 0.4) is 0 Å². The zero-order chi connectivity index (χ0) is 14.3. The van der Waals surface area contributed by atoms with E-state index >= 15 is 0 Å². The molecule has 0 saturated heterocycles. The van der Waals surface area contributed by atoms with E-state index in [1.165, 1.54) is 0 Å². The lowest BCUT2D eigenvalue weighted by atomic mass is 10.2. The summed E-state index contributed by atoms with van der Waals surface area (Å²) >= 11 is 6.01. The third kappa shape index (κ3) is 5.18. The number of nitrogens with one attached hydrogen (secondary N) is 3. The highest BCUT2D eigenvalue weighted by atomic mass is 35.5. The Balaban J connectivity index is 2.70. The average molecular weight is 284 g/mol. The predicted molar refractivity (Wildman–Crippen MR) is 77.5 cm³/mol. The third-order valence-electron chi connectivity index (χ3n) is 2.45. The quantitative estimate of drug-likeness (QED) is 0.750. The maximum atomic E-state index is 11.5. The van der Waals surface area contributed by atoms with Crippen molar-refractivity contribution in [3.05, 3.63) is 23.2 Å². The van der Waals surface area contributed by atoms with E-state index in [1.807, 2.05) is 6.92 Å². The lowest BCUT2D eigenvalue weighted by Crippen LogP contribution is -2.26. The first-order valence-corrected chi connectivity index (χ1v) is 6.48. The van der Waals surface area contributed by atoms with Crippen molar-refractivity contribution in [3.8, 4) is 0 Å². The molecule has 0 heterocycles. The molecule has 2 amide bonds. The van der Waals surface area contributed by atoms with Crippen LogP contribution in [-0.2, 0) is 9.59 Å². The number of halogens is 1. The van der Waals surface area contributed by atoms with Gasteiger partial charge < -0.3 is 16.0 Å². The lowest BCUT2D eigenvalue weighted by Gasteiger charge is -2.10. The molecular formula is C13H18ClN3O2. The van der Waals surface area contributed by atoms with Gasteiger partial charge in [0.1, 0.15) is 0 Å². The molecule has 0 atom stereocenters. The molecule has 19 heavy (non-hydrogen) atoms. The fourth-order valence-electron chi connectivity index (χ4n) is 1.45. The van der Waals surface area contributed by atoms with E-state index in [0.717, 1.165) is 6.42 Å². The van der Waals surface area contributed by atoms with Crippen molar-refractivity contribution in [3.63, 3.8) is 0 Å². The van der Waals surface area contributed by atoms with Gasteiger partial charge in [0.25, 0.3) is 0 Å². The Kier molecular flexibility index (Phi) is 6.15. The molecule has 0 radical (unpaired) electrons. The van der Waals surface area contributed by atoms with E-state index in [9.17, 15) is 9.59 Å². The SMILES string of the molecule is CCCC(=O)Nc1ccc(Cl)c(NCC(=O)NC)c1. The van der Waals surface area contributed by atoms with Crippen molar-refractivity contribution in [2.24, 2.45) is 0 Å². The largest absolute Gasteiger partial charge is 0.375 e. The van der Waals surface area contributed by atoms with Gasteiger partial charge in [-0.3, -0.25) is 9.59 Å². The van der Waals surface area contributed by atoms with Gasteiger partial charge in [0.05, 0.1) is 17.3 Å². The number of benzene rings is 1. The smallest absolute Gasteiger partial charge is 0.239 e. The molecule has 1 aromatic carbocycles. The standard InChI is InChI=1S/C13H18ClN3O2/c1-3-4-12(18)17-9-5-6-10(14)11(7-9)16-8-13(19)15-2/h5-7,16H,3-4,8H2,1-2H3,(H,15,19)(H,17,18). The van der Waals surface area contributed by atoms with Crippen LogP contribution in [0.4, 0.5) is 11.4 Å². The summed E-state index contributed by atoms with van der Waals surface area (Å²) in [6.45, 7) is 2.07. The number of anilines is 2. The number of likely N-dealkylation sites (N-methyl/N-ethyl adjacent to an activating group) is 1. The molecule has 0 aliphatic carbocycles. The highest BCUT2D eigenvalue weighted by Crippen LogP contribution is 2.25. The van der Waals surface area contributed by atoms with Crippen LogP contribution in [0.2, 0.25) is 5.02 Å². The molecule has 0 fully saturated rings. The molecular weight excluding hydrogens is 266 g/mol. The number of rotatable bonds is 6. The molecule has 1 aromatic rings. The molecule has 0 aromatic heterocycles. The Bertz CT molecular complexity index is 463. The Hall–Kier alpha value is -1.75. The fourth-order valence-corrected chi connectivity index (χ4v) is 1.64. The van der Waals surface area contributed by atoms with Gasteiger partial charge >= 0.3 is 0 Å². The molecule has 3 N–H and O–H groups in total. The van der Waals surface area contributed by atoms with Crippen LogP contribution in [0.1, 0.15) is 19.8 Å². The summed E-state index contributed by atoms with van der Waals surface area (Å²) in [6.07, 6.45) is 1.27. The molecule has 104 valence electrons. The van der Waals surface area contributed by atoms with Gasteiger partial charge in [0.2, 0.25) is 11.8 Å². The number of hydrogen-bond acceptors (Lipinski definition) is 3. The van der Waals surface area contributed by atoms with E-state index in [4.69, 9.17) is 11.6 Å². The molecule has 0 aliphatic rings. The molecule has 0 aliphatic heterocycles. The third-order valence-corrected chi connectivity index (χ3v) is 2.78. The maximum Gasteiger partial charge on any atom is 0.239 e. The molecule has 0 unspecified atom stereocenters. The topological polar surface area (TPSA) is 70.2 Å². The first-order chi connectivity index (χ1) is 9.06. The van der Waals surface area contributed by atoms with Crippen LogP contribution in [0.15, 0.2) is 18.2 Å². The molecule has 1 rings (SSSR count). The van der Waals surface area contributed by atoms with Crippen LogP contribution in [-0.4, -0.2) is 25.4 Å². The number of carbonyl (C=O) groups excluding carboxylic acids is 2. The Morgan fingerprint density at radius 1 is 1.26 bits per heavy atom. The highest BCUT2D eigenvalue weighted by molar-refractivity contribution is 6.33. The van der Waals surface area contributed by atoms with Gasteiger partial charge in [-0.2, -0.15) is 0 Å². The fraction of sp³-hybridized carbons (Fsp3) is 0.385. The monoisotopic (exact) mass is 283 g/mol. The molecule has 6 heteroatoms. The van der Waals surface area contributed by atoms with Crippen LogP contribution in [0.25, 0.3) is 0 Å². The summed E-state index contributed by atoms with van der Waals surface area (Å²) in [7, 11) is 1.56. The first kappa shape index (κ1) is 15.3. The Morgan fingerprint density at radius 3 is 2.63 bits per heavy atom. The molecule has 0 saturated carbocycles. The predicted octanol–water partition coefficient (Wildman–Crippen LogP) is 2.24. The summed E-state index contributed by atoms with van der Waals surface area (Å²) in [5, 5.41) is 8.69. The van der Waals surface area contributed by atoms with Crippen molar-refractivity contribution in [2.45, 2.75) is 19.8 Å². The number of hydrogen-bond donors (Lipinski definition) is 3. The van der Waals surface area contributed by atoms with Crippen molar-refractivity contribution in [1.29, 1.82) is 0 Å². The highest BCUT2D eigenvalue weighted by Gasteiger charge is 2.06. The molecule has 0 spiro atoms. The van der Waals surface area contributed by atoms with Crippen LogP contribution < -0.4 is 16.0 Å². The zero-order valence-electron chi connectivity index (χ0n) is 11.0. The van der Waals surface area contributed by atoms with Crippen LogP contribution in [0, 0.1) is 0 Å². The molecule has 0 bridgehead atoms. The number of carbonyl (C=O) groups is 2. The summed E-state index contributed by atoms with van der Waals surface area (Å²) in [5.74, 6) is -0.182. The summed E-state index contributed by atoms with van der Waals surface area (Å²) in [5.41, 5.74) is 1.27. The average Bonchev–Trinajstić information content (AvgIpc) is 2.39. The van der Waals surface area contributed by atoms with E-state index in [1.54, 1.807) is 25.2 Å². The normalized spacial score (nSPS) is 9.84. The Labute approximate surface area is 117 Å². The van der Waals surface area contributed by atoms with Crippen molar-refractivity contribution < 1.29 is 9.59 Å². The van der Waals surface area contributed by atoms with Gasteiger partial charge in [0, 0.05) is 19.2 Å². The van der Waals surface area contributed by atoms with Crippen molar-refractivity contribution in [2.75, 3.05) is 24.2 Å². The lowest BCUT2D eigenvalue weighted by molar-refractivity contribution is -0.119. The second-order valence-electron chi connectivity index (χ2n) is 4.02.